The summed E-state index contributed by atoms with van der Waals surface area (Å²) in [4.78, 5) is 25.4. The third-order valence-corrected chi connectivity index (χ3v) is 5.25. The second kappa shape index (κ2) is 5.78. The van der Waals surface area contributed by atoms with Crippen molar-refractivity contribution in [3.8, 4) is 0 Å². The number of carboxylic acid groups (broad SMARTS) is 1. The number of benzene rings is 1. The second-order valence-electron chi connectivity index (χ2n) is 4.98. The summed E-state index contributed by atoms with van der Waals surface area (Å²) in [6.07, 6.45) is 0.153. The molecule has 116 valence electrons. The van der Waals surface area contributed by atoms with Crippen molar-refractivity contribution in [1.29, 1.82) is 0 Å². The highest BCUT2D eigenvalue weighted by Gasteiger charge is 2.28. The van der Waals surface area contributed by atoms with Crippen LogP contribution in [0.15, 0.2) is 12.1 Å². The number of hydrogen-bond donors (Lipinski definition) is 1. The smallest absolute Gasteiger partial charge is 0.410 e. The Morgan fingerprint density at radius 2 is 2.18 bits per heavy atom. The minimum atomic E-state index is -0.982. The molecule has 1 aromatic heterocycles. The Morgan fingerprint density at radius 3 is 2.86 bits per heavy atom. The van der Waals surface area contributed by atoms with Crippen LogP contribution in [0.2, 0.25) is 5.02 Å². The highest BCUT2D eigenvalue weighted by molar-refractivity contribution is 7.21. The summed E-state index contributed by atoms with van der Waals surface area (Å²) in [6.45, 7) is 2.71. The van der Waals surface area contributed by atoms with Crippen molar-refractivity contribution in [3.63, 3.8) is 0 Å². The van der Waals surface area contributed by atoms with Crippen LogP contribution in [0.1, 0.15) is 27.7 Å². The molecule has 5 nitrogen and oxygen atoms in total. The zero-order valence-electron chi connectivity index (χ0n) is 11.9. The van der Waals surface area contributed by atoms with Gasteiger partial charge in [0.25, 0.3) is 0 Å². The molecule has 3 rings (SSSR count). The number of carbonyl (C=O) groups excluding carboxylic acids is 1. The van der Waals surface area contributed by atoms with Crippen LogP contribution in [-0.2, 0) is 17.7 Å². The molecular formula is C15H14ClNO4S. The molecule has 1 N–H and O–H groups in total. The van der Waals surface area contributed by atoms with Gasteiger partial charge < -0.3 is 14.7 Å². The van der Waals surface area contributed by atoms with Crippen LogP contribution in [0.4, 0.5) is 4.79 Å². The zero-order chi connectivity index (χ0) is 15.9. The Hall–Kier alpha value is -1.79. The molecular weight excluding hydrogens is 326 g/mol. The van der Waals surface area contributed by atoms with Gasteiger partial charge in [-0.25, -0.2) is 9.59 Å². The number of thiophene rings is 1. The average Bonchev–Trinajstić information content (AvgIpc) is 2.71. The number of hydrogen-bond acceptors (Lipinski definition) is 4. The van der Waals surface area contributed by atoms with Crippen molar-refractivity contribution < 1.29 is 19.4 Å². The first-order chi connectivity index (χ1) is 10.5. The molecule has 0 saturated carbocycles. The van der Waals surface area contributed by atoms with Gasteiger partial charge >= 0.3 is 12.1 Å². The van der Waals surface area contributed by atoms with Crippen molar-refractivity contribution in [2.24, 2.45) is 0 Å². The fourth-order valence-electron chi connectivity index (χ4n) is 2.76. The van der Waals surface area contributed by atoms with Crippen LogP contribution in [0.25, 0.3) is 10.1 Å². The molecule has 0 atom stereocenters. The first-order valence-electron chi connectivity index (χ1n) is 6.90. The molecule has 1 aromatic carbocycles. The van der Waals surface area contributed by atoms with E-state index in [9.17, 15) is 14.7 Å². The normalized spacial score (nSPS) is 14.0. The van der Waals surface area contributed by atoms with Crippen LogP contribution in [0.3, 0.4) is 0 Å². The highest BCUT2D eigenvalue weighted by atomic mass is 35.5. The van der Waals surface area contributed by atoms with Crippen LogP contribution in [0, 0.1) is 0 Å². The van der Waals surface area contributed by atoms with E-state index in [0.29, 0.717) is 23.6 Å². The summed E-state index contributed by atoms with van der Waals surface area (Å²) in [5.74, 6) is -0.982. The van der Waals surface area contributed by atoms with E-state index < -0.39 is 12.1 Å². The molecule has 0 bridgehead atoms. The minimum absolute atomic E-state index is 0.230. The molecule has 0 unspecified atom stereocenters. The Bertz CT molecular complexity index is 770. The van der Waals surface area contributed by atoms with E-state index >= 15 is 0 Å². The molecule has 7 heteroatoms. The van der Waals surface area contributed by atoms with Gasteiger partial charge in [0.15, 0.2) is 0 Å². The molecule has 2 aromatic rings. The lowest BCUT2D eigenvalue weighted by Crippen LogP contribution is -2.32. The summed E-state index contributed by atoms with van der Waals surface area (Å²) < 4.78 is 5.94. The van der Waals surface area contributed by atoms with Gasteiger partial charge in [-0.1, -0.05) is 11.6 Å². The van der Waals surface area contributed by atoms with E-state index in [1.54, 1.807) is 13.0 Å². The Kier molecular flexibility index (Phi) is 3.97. The number of amides is 1. The van der Waals surface area contributed by atoms with E-state index in [1.807, 2.05) is 6.07 Å². The average molecular weight is 340 g/mol. The van der Waals surface area contributed by atoms with Gasteiger partial charge in [0.2, 0.25) is 0 Å². The number of halogens is 1. The van der Waals surface area contributed by atoms with Gasteiger partial charge in [-0.05, 0) is 31.0 Å². The van der Waals surface area contributed by atoms with Crippen molar-refractivity contribution in [1.82, 2.24) is 4.90 Å². The quantitative estimate of drug-likeness (QED) is 0.904. The van der Waals surface area contributed by atoms with E-state index in [-0.39, 0.29) is 18.0 Å². The molecule has 0 radical (unpaired) electrons. The Morgan fingerprint density at radius 1 is 1.41 bits per heavy atom. The first kappa shape index (κ1) is 15.1. The van der Waals surface area contributed by atoms with Crippen LogP contribution >= 0.6 is 22.9 Å². The number of rotatable bonds is 2. The molecule has 1 aliphatic rings. The van der Waals surface area contributed by atoms with E-state index in [4.69, 9.17) is 16.3 Å². The second-order valence-corrected chi connectivity index (χ2v) is 6.44. The summed E-state index contributed by atoms with van der Waals surface area (Å²) in [5.41, 5.74) is 1.56. The molecule has 22 heavy (non-hydrogen) atoms. The largest absolute Gasteiger partial charge is 0.477 e. The van der Waals surface area contributed by atoms with Crippen LogP contribution < -0.4 is 0 Å². The minimum Gasteiger partial charge on any atom is -0.477 e. The monoisotopic (exact) mass is 339 g/mol. The molecule has 0 fully saturated rings. The molecule has 1 amide bonds. The maximum atomic E-state index is 12.0. The van der Waals surface area contributed by atoms with Crippen molar-refractivity contribution in [2.45, 2.75) is 19.9 Å². The lowest BCUT2D eigenvalue weighted by molar-refractivity contribution is 0.0698. The third kappa shape index (κ3) is 2.42. The van der Waals surface area contributed by atoms with Gasteiger partial charge in [0.1, 0.15) is 4.88 Å². The number of ether oxygens (including phenoxy) is 1. The summed E-state index contributed by atoms with van der Waals surface area (Å²) in [6, 6.07) is 3.62. The predicted octanol–water partition coefficient (Wildman–Crippen LogP) is 3.77. The zero-order valence-corrected chi connectivity index (χ0v) is 13.5. The van der Waals surface area contributed by atoms with Crippen molar-refractivity contribution in [2.75, 3.05) is 13.2 Å². The molecule has 1 aliphatic heterocycles. The molecule has 0 aliphatic carbocycles. The SMILES string of the molecule is CCOC(=O)N1CCc2c(Cl)ccc3sc(C(=O)O)c(c23)C1. The van der Waals surface area contributed by atoms with Gasteiger partial charge in [0, 0.05) is 27.2 Å². The topological polar surface area (TPSA) is 66.8 Å². The highest BCUT2D eigenvalue weighted by Crippen LogP contribution is 2.39. The Balaban J connectivity index is 2.16. The summed E-state index contributed by atoms with van der Waals surface area (Å²) in [7, 11) is 0. The number of carboxylic acids is 1. The van der Waals surface area contributed by atoms with E-state index in [0.717, 1.165) is 15.6 Å². The fraction of sp³-hybridized carbons (Fsp3) is 0.333. The third-order valence-electron chi connectivity index (χ3n) is 3.71. The number of aromatic carboxylic acids is 1. The van der Waals surface area contributed by atoms with E-state index in [2.05, 4.69) is 0 Å². The molecule has 0 spiro atoms. The van der Waals surface area contributed by atoms with Crippen molar-refractivity contribution >= 4 is 45.1 Å². The standard InChI is InChI=1S/C15H14ClNO4S/c1-2-21-15(20)17-6-5-8-10(16)3-4-11-12(8)9(7-17)13(22-11)14(18)19/h3-4H,2,5-7H2,1H3,(H,18,19). The lowest BCUT2D eigenvalue weighted by Gasteiger charge is -2.19. The van der Waals surface area contributed by atoms with Crippen molar-refractivity contribution in [3.05, 3.63) is 33.2 Å². The van der Waals surface area contributed by atoms with Gasteiger partial charge in [-0.15, -0.1) is 11.3 Å². The maximum absolute atomic E-state index is 12.0. The molecule has 2 heterocycles. The van der Waals surface area contributed by atoms with Gasteiger partial charge in [-0.3, -0.25) is 0 Å². The Labute approximate surface area is 136 Å². The summed E-state index contributed by atoms with van der Waals surface area (Å²) >= 11 is 7.50. The van der Waals surface area contributed by atoms with Crippen LogP contribution in [-0.4, -0.2) is 35.2 Å². The predicted molar refractivity (Wildman–Crippen MR) is 84.9 cm³/mol. The maximum Gasteiger partial charge on any atom is 0.410 e. The fourth-order valence-corrected chi connectivity index (χ4v) is 4.09. The van der Waals surface area contributed by atoms with Crippen LogP contribution in [0.5, 0.6) is 0 Å². The van der Waals surface area contributed by atoms with Gasteiger partial charge in [-0.2, -0.15) is 0 Å². The molecule has 0 saturated heterocycles. The summed E-state index contributed by atoms with van der Waals surface area (Å²) in [5, 5.41) is 10.9. The number of carbonyl (C=O) groups is 2. The van der Waals surface area contributed by atoms with E-state index in [1.165, 1.54) is 16.2 Å². The first-order valence-corrected chi connectivity index (χ1v) is 8.10. The number of nitrogens with zero attached hydrogens (tertiary/aromatic N) is 1. The van der Waals surface area contributed by atoms with Gasteiger partial charge in [0.05, 0.1) is 13.2 Å². The lowest BCUT2D eigenvalue weighted by atomic mass is 10.0.